The first kappa shape index (κ1) is 23.6. The highest BCUT2D eigenvalue weighted by Crippen LogP contribution is 2.23. The number of unbranched alkanes of at least 4 members (excludes halogenated alkanes) is 1. The van der Waals surface area contributed by atoms with Gasteiger partial charge in [0, 0.05) is 22.0 Å². The monoisotopic (exact) mass is 465 g/mol. The molecule has 0 bridgehead atoms. The van der Waals surface area contributed by atoms with E-state index in [2.05, 4.69) is 22.9 Å². The number of nitrogens with one attached hydrogen (secondary N) is 3. The largest absolute Gasteiger partial charge is 0.494 e. The number of rotatable bonds is 10. The molecule has 0 spiro atoms. The fourth-order valence-corrected chi connectivity index (χ4v) is 3.78. The van der Waals surface area contributed by atoms with Crippen molar-refractivity contribution in [3.63, 3.8) is 0 Å². The Morgan fingerprint density at radius 1 is 0.875 bits per heavy atom. The van der Waals surface area contributed by atoms with Crippen molar-refractivity contribution in [1.82, 2.24) is 0 Å². The second kappa shape index (κ2) is 12.7. The first-order valence-corrected chi connectivity index (χ1v) is 11.9. The third kappa shape index (κ3) is 8.24. The van der Waals surface area contributed by atoms with E-state index in [0.717, 1.165) is 40.5 Å². The molecule has 1 amide bonds. The molecule has 0 heterocycles. The summed E-state index contributed by atoms with van der Waals surface area (Å²) in [4.78, 5) is 13.3. The predicted molar refractivity (Wildman–Crippen MR) is 139 cm³/mol. The van der Waals surface area contributed by atoms with Crippen LogP contribution >= 0.6 is 24.0 Å². The lowest BCUT2D eigenvalue weighted by Gasteiger charge is -2.11. The topological polar surface area (TPSA) is 62.4 Å². The second-order valence-corrected chi connectivity index (χ2v) is 8.49. The summed E-state index contributed by atoms with van der Waals surface area (Å²) in [5.74, 6) is 1.06. The van der Waals surface area contributed by atoms with E-state index in [1.54, 1.807) is 0 Å². The van der Waals surface area contributed by atoms with Gasteiger partial charge in [-0.05, 0) is 73.2 Å². The average molecular weight is 466 g/mol. The van der Waals surface area contributed by atoms with Crippen molar-refractivity contribution < 1.29 is 9.53 Å². The van der Waals surface area contributed by atoms with E-state index in [0.29, 0.717) is 17.5 Å². The molecule has 3 N–H and O–H groups in total. The molecule has 3 aromatic carbocycles. The molecule has 32 heavy (non-hydrogen) atoms. The Labute approximate surface area is 199 Å². The van der Waals surface area contributed by atoms with Crippen LogP contribution < -0.4 is 20.7 Å². The normalized spacial score (nSPS) is 10.3. The molecular formula is C25H27N3O2S2. The number of thioether (sulfide) groups is 1. The summed E-state index contributed by atoms with van der Waals surface area (Å²) in [5, 5.41) is 9.75. The molecule has 0 aliphatic heterocycles. The van der Waals surface area contributed by atoms with Gasteiger partial charge in [0.2, 0.25) is 5.91 Å². The van der Waals surface area contributed by atoms with Crippen molar-refractivity contribution in [2.24, 2.45) is 0 Å². The first-order valence-electron chi connectivity index (χ1n) is 10.5. The highest BCUT2D eigenvalue weighted by molar-refractivity contribution is 8.00. The van der Waals surface area contributed by atoms with E-state index in [1.807, 2.05) is 78.9 Å². The Kier molecular flexibility index (Phi) is 9.40. The van der Waals surface area contributed by atoms with E-state index in [1.165, 1.54) is 11.8 Å². The van der Waals surface area contributed by atoms with Crippen LogP contribution in [0.15, 0.2) is 83.8 Å². The number of hydrogen-bond donors (Lipinski definition) is 3. The van der Waals surface area contributed by atoms with Gasteiger partial charge in [0.05, 0.1) is 12.4 Å². The number of carbonyl (C=O) groups excluding carboxylic acids is 1. The van der Waals surface area contributed by atoms with Crippen LogP contribution in [-0.4, -0.2) is 23.4 Å². The predicted octanol–water partition coefficient (Wildman–Crippen LogP) is 6.41. The van der Waals surface area contributed by atoms with Crippen LogP contribution in [0.3, 0.4) is 0 Å². The minimum Gasteiger partial charge on any atom is -0.494 e. The first-order chi connectivity index (χ1) is 15.6. The van der Waals surface area contributed by atoms with Crippen LogP contribution in [0.4, 0.5) is 17.1 Å². The Bertz CT molecular complexity index is 1010. The van der Waals surface area contributed by atoms with E-state index in [-0.39, 0.29) is 5.91 Å². The van der Waals surface area contributed by atoms with Crippen molar-refractivity contribution in [2.45, 2.75) is 24.7 Å². The Balaban J connectivity index is 1.45. The van der Waals surface area contributed by atoms with Gasteiger partial charge in [-0.25, -0.2) is 0 Å². The SMILES string of the molecule is CCCCOc1ccc(NC(=O)CSc2cccc(NC(=S)Nc3ccccc3)c2)cc1. The number of thiocarbonyl (C=S) groups is 1. The van der Waals surface area contributed by atoms with Gasteiger partial charge in [0.15, 0.2) is 5.11 Å². The van der Waals surface area contributed by atoms with Crippen molar-refractivity contribution in [3.05, 3.63) is 78.9 Å². The van der Waals surface area contributed by atoms with Crippen LogP contribution in [0.2, 0.25) is 0 Å². The van der Waals surface area contributed by atoms with Gasteiger partial charge in [0.1, 0.15) is 5.75 Å². The molecule has 0 saturated carbocycles. The Morgan fingerprint density at radius 2 is 1.56 bits per heavy atom. The lowest BCUT2D eigenvalue weighted by atomic mass is 10.3. The molecule has 0 atom stereocenters. The molecule has 0 fully saturated rings. The van der Waals surface area contributed by atoms with E-state index in [4.69, 9.17) is 17.0 Å². The van der Waals surface area contributed by atoms with Gasteiger partial charge in [-0.1, -0.05) is 37.6 Å². The summed E-state index contributed by atoms with van der Waals surface area (Å²) in [7, 11) is 0. The van der Waals surface area contributed by atoms with Gasteiger partial charge in [-0.2, -0.15) is 0 Å². The molecule has 3 rings (SSSR count). The number of carbonyl (C=O) groups is 1. The standard InChI is InChI=1S/C25H27N3O2S2/c1-2-3-16-30-22-14-12-20(13-15-22)26-24(29)18-32-23-11-7-10-21(17-23)28-25(31)27-19-8-5-4-6-9-19/h4-15,17H,2-3,16,18H2,1H3,(H,26,29)(H2,27,28,31). The molecule has 7 heteroatoms. The summed E-state index contributed by atoms with van der Waals surface area (Å²) in [5.41, 5.74) is 2.54. The summed E-state index contributed by atoms with van der Waals surface area (Å²) >= 11 is 6.85. The maximum absolute atomic E-state index is 12.3. The van der Waals surface area contributed by atoms with Crippen LogP contribution in [0.25, 0.3) is 0 Å². The number of ether oxygens (including phenoxy) is 1. The van der Waals surface area contributed by atoms with Gasteiger partial charge >= 0.3 is 0 Å². The zero-order valence-electron chi connectivity index (χ0n) is 18.0. The molecule has 5 nitrogen and oxygen atoms in total. The average Bonchev–Trinajstić information content (AvgIpc) is 2.80. The number of para-hydroxylation sites is 1. The molecule has 0 aromatic heterocycles. The summed E-state index contributed by atoms with van der Waals surface area (Å²) < 4.78 is 5.65. The highest BCUT2D eigenvalue weighted by Gasteiger charge is 2.06. The fraction of sp³-hybridized carbons (Fsp3) is 0.200. The maximum Gasteiger partial charge on any atom is 0.234 e. The molecule has 0 unspecified atom stereocenters. The molecule has 0 aliphatic rings. The van der Waals surface area contributed by atoms with Crippen molar-refractivity contribution in [1.29, 1.82) is 0 Å². The summed E-state index contributed by atoms with van der Waals surface area (Å²) in [6.45, 7) is 2.84. The van der Waals surface area contributed by atoms with Gasteiger partial charge in [0.25, 0.3) is 0 Å². The van der Waals surface area contributed by atoms with Gasteiger partial charge < -0.3 is 20.7 Å². The Hall–Kier alpha value is -3.03. The third-order valence-corrected chi connectivity index (χ3v) is 5.60. The quantitative estimate of drug-likeness (QED) is 0.183. The van der Waals surface area contributed by atoms with Crippen LogP contribution in [0.1, 0.15) is 19.8 Å². The van der Waals surface area contributed by atoms with Crippen LogP contribution in [0, 0.1) is 0 Å². The highest BCUT2D eigenvalue weighted by atomic mass is 32.2. The molecular weight excluding hydrogens is 438 g/mol. The van der Waals surface area contributed by atoms with Crippen LogP contribution in [-0.2, 0) is 4.79 Å². The Morgan fingerprint density at radius 3 is 2.31 bits per heavy atom. The summed E-state index contributed by atoms with van der Waals surface area (Å²) in [6, 6.07) is 25.0. The zero-order chi connectivity index (χ0) is 22.6. The van der Waals surface area contributed by atoms with Gasteiger partial charge in [-0.3, -0.25) is 4.79 Å². The number of hydrogen-bond acceptors (Lipinski definition) is 4. The van der Waals surface area contributed by atoms with E-state index in [9.17, 15) is 4.79 Å². The molecule has 0 radical (unpaired) electrons. The maximum atomic E-state index is 12.3. The number of amides is 1. The number of benzene rings is 3. The molecule has 0 aliphatic carbocycles. The van der Waals surface area contributed by atoms with Crippen LogP contribution in [0.5, 0.6) is 5.75 Å². The second-order valence-electron chi connectivity index (χ2n) is 7.04. The van der Waals surface area contributed by atoms with Crippen molar-refractivity contribution >= 4 is 52.1 Å². The van der Waals surface area contributed by atoms with Crippen molar-refractivity contribution in [3.8, 4) is 5.75 Å². The van der Waals surface area contributed by atoms with E-state index < -0.39 is 0 Å². The smallest absolute Gasteiger partial charge is 0.234 e. The zero-order valence-corrected chi connectivity index (χ0v) is 19.6. The van der Waals surface area contributed by atoms with E-state index >= 15 is 0 Å². The molecule has 0 saturated heterocycles. The van der Waals surface area contributed by atoms with Crippen molar-refractivity contribution in [2.75, 3.05) is 28.3 Å². The lowest BCUT2D eigenvalue weighted by molar-refractivity contribution is -0.113. The molecule has 3 aromatic rings. The third-order valence-electron chi connectivity index (χ3n) is 4.40. The minimum atomic E-state index is -0.0609. The minimum absolute atomic E-state index is 0.0609. The van der Waals surface area contributed by atoms with Gasteiger partial charge in [-0.15, -0.1) is 11.8 Å². The summed E-state index contributed by atoms with van der Waals surface area (Å²) in [6.07, 6.45) is 2.13. The fourth-order valence-electron chi connectivity index (χ4n) is 2.79. The molecule has 166 valence electrons. The lowest BCUT2D eigenvalue weighted by Crippen LogP contribution is -2.19. The number of anilines is 3.